The largest absolute Gasteiger partial charge is 0.357 e. The minimum atomic E-state index is -0.207. The van der Waals surface area contributed by atoms with Gasteiger partial charge in [0.25, 0.3) is 0 Å². The lowest BCUT2D eigenvalue weighted by Gasteiger charge is -2.19. The van der Waals surface area contributed by atoms with E-state index in [1.807, 2.05) is 18.0 Å². The average Bonchev–Trinajstić information content (AvgIpc) is 3.10. The molecule has 1 aliphatic rings. The van der Waals surface area contributed by atoms with Crippen LogP contribution in [0, 0.1) is 17.1 Å². The second kappa shape index (κ2) is 8.01. The van der Waals surface area contributed by atoms with E-state index in [1.165, 1.54) is 12.3 Å². The predicted octanol–water partition coefficient (Wildman–Crippen LogP) is 2.31. The third-order valence-electron chi connectivity index (χ3n) is 4.43. The minimum absolute atomic E-state index is 0.128. The summed E-state index contributed by atoms with van der Waals surface area (Å²) in [7, 11) is 1.92. The van der Waals surface area contributed by atoms with Crippen molar-refractivity contribution in [1.82, 2.24) is 20.8 Å². The summed E-state index contributed by atoms with van der Waals surface area (Å²) in [6.07, 6.45) is 5.97. The van der Waals surface area contributed by atoms with Crippen LogP contribution in [0.3, 0.4) is 0 Å². The molecule has 3 rings (SSSR count). The summed E-state index contributed by atoms with van der Waals surface area (Å²) in [6.45, 7) is 0.788. The maximum Gasteiger partial charge on any atom is 0.183 e. The van der Waals surface area contributed by atoms with Gasteiger partial charge in [-0.2, -0.15) is 5.26 Å². The number of benzene rings is 1. The molecule has 1 aromatic carbocycles. The number of halogens is 1. The van der Waals surface area contributed by atoms with E-state index in [-0.39, 0.29) is 11.9 Å². The fourth-order valence-corrected chi connectivity index (χ4v) is 3.12. The van der Waals surface area contributed by atoms with Gasteiger partial charge in [0, 0.05) is 38.1 Å². The molecule has 6 nitrogen and oxygen atoms in total. The van der Waals surface area contributed by atoms with Crippen molar-refractivity contribution in [2.75, 3.05) is 18.5 Å². The summed E-state index contributed by atoms with van der Waals surface area (Å²) in [6, 6.07) is 9.24. The van der Waals surface area contributed by atoms with E-state index < -0.39 is 0 Å². The van der Waals surface area contributed by atoms with Crippen molar-refractivity contribution in [3.63, 3.8) is 0 Å². The van der Waals surface area contributed by atoms with Crippen LogP contribution in [0.2, 0.25) is 0 Å². The molecular formula is C18H21FN6. The van der Waals surface area contributed by atoms with Crippen molar-refractivity contribution < 1.29 is 4.39 Å². The van der Waals surface area contributed by atoms with Crippen LogP contribution in [-0.4, -0.2) is 29.6 Å². The van der Waals surface area contributed by atoms with Gasteiger partial charge in [-0.05, 0) is 37.0 Å². The van der Waals surface area contributed by atoms with E-state index in [2.05, 4.69) is 26.9 Å². The van der Waals surface area contributed by atoms with Crippen LogP contribution in [-0.2, 0) is 0 Å². The van der Waals surface area contributed by atoms with E-state index >= 15 is 0 Å². The molecule has 2 atom stereocenters. The summed E-state index contributed by atoms with van der Waals surface area (Å²) in [5.41, 5.74) is 7.84. The number of hydrogen-bond donors (Lipinski definition) is 2. The molecule has 1 saturated heterocycles. The maximum atomic E-state index is 13.3. The average molecular weight is 340 g/mol. The molecule has 7 heteroatoms. The Morgan fingerprint density at radius 2 is 2.16 bits per heavy atom. The summed E-state index contributed by atoms with van der Waals surface area (Å²) in [4.78, 5) is 10.2. The van der Waals surface area contributed by atoms with Crippen LogP contribution in [0.1, 0.15) is 36.6 Å². The quantitative estimate of drug-likeness (QED) is 0.840. The van der Waals surface area contributed by atoms with Crippen LogP contribution in [0.15, 0.2) is 36.7 Å². The highest BCUT2D eigenvalue weighted by molar-refractivity contribution is 5.48. The maximum absolute atomic E-state index is 13.3. The molecule has 0 saturated carbocycles. The zero-order valence-corrected chi connectivity index (χ0v) is 14.1. The highest BCUT2D eigenvalue weighted by atomic mass is 19.1. The first-order valence-corrected chi connectivity index (χ1v) is 8.36. The fraction of sp³-hybridized carbons (Fsp3) is 0.389. The predicted molar refractivity (Wildman–Crippen MR) is 93.1 cm³/mol. The molecule has 0 bridgehead atoms. The molecule has 1 aromatic heterocycles. The molecule has 1 aliphatic heterocycles. The standard InChI is InChI=1S/C18H21FN6/c1-25(18-17(12-20)21-7-8-22-18)9-3-6-15-11-16(24-23-15)13-4-2-5-14(19)10-13/h2,4-5,7-8,10,15-16,23-24H,3,6,9,11H2,1H3. The molecule has 2 aromatic rings. The smallest absolute Gasteiger partial charge is 0.183 e. The van der Waals surface area contributed by atoms with Gasteiger partial charge in [-0.25, -0.2) is 14.4 Å². The summed E-state index contributed by atoms with van der Waals surface area (Å²) in [5, 5.41) is 9.10. The Kier molecular flexibility index (Phi) is 5.53. The lowest BCUT2D eigenvalue weighted by atomic mass is 9.99. The number of nitriles is 1. The topological polar surface area (TPSA) is 76.9 Å². The number of hydrogen-bond acceptors (Lipinski definition) is 6. The summed E-state index contributed by atoms with van der Waals surface area (Å²) < 4.78 is 13.3. The number of hydrazine groups is 1. The first kappa shape index (κ1) is 17.3. The third-order valence-corrected chi connectivity index (χ3v) is 4.43. The van der Waals surface area contributed by atoms with Gasteiger partial charge in [0.1, 0.15) is 11.9 Å². The molecule has 0 spiro atoms. The van der Waals surface area contributed by atoms with Crippen LogP contribution in [0.4, 0.5) is 10.2 Å². The molecule has 2 N–H and O–H groups in total. The molecule has 1 fully saturated rings. The van der Waals surface area contributed by atoms with Gasteiger partial charge >= 0.3 is 0 Å². The number of rotatable bonds is 6. The minimum Gasteiger partial charge on any atom is -0.357 e. The van der Waals surface area contributed by atoms with E-state index in [1.54, 1.807) is 18.3 Å². The summed E-state index contributed by atoms with van der Waals surface area (Å²) >= 11 is 0. The van der Waals surface area contributed by atoms with Gasteiger partial charge in [-0.1, -0.05) is 12.1 Å². The Morgan fingerprint density at radius 1 is 1.32 bits per heavy atom. The monoisotopic (exact) mass is 340 g/mol. The van der Waals surface area contributed by atoms with Crippen LogP contribution < -0.4 is 15.8 Å². The van der Waals surface area contributed by atoms with E-state index in [0.717, 1.165) is 31.4 Å². The number of aromatic nitrogens is 2. The van der Waals surface area contributed by atoms with Gasteiger partial charge in [0.2, 0.25) is 0 Å². The number of nitrogens with one attached hydrogen (secondary N) is 2. The van der Waals surface area contributed by atoms with Crippen LogP contribution >= 0.6 is 0 Å². The van der Waals surface area contributed by atoms with Crippen LogP contribution in [0.25, 0.3) is 0 Å². The zero-order chi connectivity index (χ0) is 17.6. The lowest BCUT2D eigenvalue weighted by Crippen LogP contribution is -2.31. The van der Waals surface area contributed by atoms with Crippen molar-refractivity contribution in [1.29, 1.82) is 5.26 Å². The van der Waals surface area contributed by atoms with Crippen LogP contribution in [0.5, 0.6) is 0 Å². The van der Waals surface area contributed by atoms with Gasteiger partial charge in [0.15, 0.2) is 11.5 Å². The Balaban J connectivity index is 1.48. The van der Waals surface area contributed by atoms with E-state index in [0.29, 0.717) is 17.6 Å². The second-order valence-corrected chi connectivity index (χ2v) is 6.23. The lowest BCUT2D eigenvalue weighted by molar-refractivity contribution is 0.502. The molecular weight excluding hydrogens is 319 g/mol. The van der Waals surface area contributed by atoms with Gasteiger partial charge < -0.3 is 4.90 Å². The zero-order valence-electron chi connectivity index (χ0n) is 14.1. The number of anilines is 1. The Morgan fingerprint density at radius 3 is 2.96 bits per heavy atom. The van der Waals surface area contributed by atoms with Crippen molar-refractivity contribution in [2.24, 2.45) is 0 Å². The molecule has 2 heterocycles. The van der Waals surface area contributed by atoms with Crippen molar-refractivity contribution in [3.8, 4) is 6.07 Å². The Bertz CT molecular complexity index is 759. The molecule has 130 valence electrons. The van der Waals surface area contributed by atoms with Crippen molar-refractivity contribution >= 4 is 5.82 Å². The fourth-order valence-electron chi connectivity index (χ4n) is 3.12. The SMILES string of the molecule is CN(CCCC1CC(c2cccc(F)c2)NN1)c1nccnc1C#N. The molecule has 2 unspecified atom stereocenters. The molecule has 0 aliphatic carbocycles. The highest BCUT2D eigenvalue weighted by Crippen LogP contribution is 2.24. The number of nitrogens with zero attached hydrogens (tertiary/aromatic N) is 4. The summed E-state index contributed by atoms with van der Waals surface area (Å²) in [5.74, 6) is 0.404. The normalized spacial score (nSPS) is 19.6. The highest BCUT2D eigenvalue weighted by Gasteiger charge is 2.24. The molecule has 25 heavy (non-hydrogen) atoms. The Hall–Kier alpha value is -2.56. The molecule has 0 radical (unpaired) electrons. The van der Waals surface area contributed by atoms with E-state index in [4.69, 9.17) is 5.26 Å². The van der Waals surface area contributed by atoms with Crippen molar-refractivity contribution in [2.45, 2.75) is 31.3 Å². The second-order valence-electron chi connectivity index (χ2n) is 6.23. The van der Waals surface area contributed by atoms with Gasteiger partial charge in [-0.3, -0.25) is 10.9 Å². The third kappa shape index (κ3) is 4.29. The van der Waals surface area contributed by atoms with Gasteiger partial charge in [0.05, 0.1) is 0 Å². The van der Waals surface area contributed by atoms with E-state index in [9.17, 15) is 4.39 Å². The Labute approximate surface area is 146 Å². The van der Waals surface area contributed by atoms with Crippen molar-refractivity contribution in [3.05, 3.63) is 53.7 Å². The van der Waals surface area contributed by atoms with Gasteiger partial charge in [-0.15, -0.1) is 0 Å². The first-order chi connectivity index (χ1) is 12.2. The molecule has 0 amide bonds. The first-order valence-electron chi connectivity index (χ1n) is 8.36.